The SMILES string of the molecule is O=C(NCC1CCC(Cl)CC1)c1cc(Cl)cc([N+](=O)[O-])c1. The fourth-order valence-electron chi connectivity index (χ4n) is 2.48. The van der Waals surface area contributed by atoms with Gasteiger partial charge in [0.15, 0.2) is 0 Å². The largest absolute Gasteiger partial charge is 0.352 e. The zero-order valence-electron chi connectivity index (χ0n) is 11.4. The van der Waals surface area contributed by atoms with Gasteiger partial charge in [-0.25, -0.2) is 0 Å². The number of non-ortho nitro benzene ring substituents is 1. The maximum absolute atomic E-state index is 12.1. The molecular weight excluding hydrogens is 315 g/mol. The van der Waals surface area contributed by atoms with Crippen molar-refractivity contribution >= 4 is 34.8 Å². The van der Waals surface area contributed by atoms with E-state index >= 15 is 0 Å². The number of nitrogens with zero attached hydrogens (tertiary/aromatic N) is 1. The van der Waals surface area contributed by atoms with Crippen molar-refractivity contribution < 1.29 is 9.72 Å². The summed E-state index contributed by atoms with van der Waals surface area (Å²) in [7, 11) is 0. The van der Waals surface area contributed by atoms with Gasteiger partial charge in [0.25, 0.3) is 11.6 Å². The summed E-state index contributed by atoms with van der Waals surface area (Å²) in [6.45, 7) is 0.558. The standard InChI is InChI=1S/C14H16Cl2N2O3/c15-11-3-1-9(2-4-11)8-17-14(19)10-5-12(16)7-13(6-10)18(20)21/h5-7,9,11H,1-4,8H2,(H,17,19). The second kappa shape index (κ2) is 7.09. The Hall–Kier alpha value is -1.33. The molecule has 0 heterocycles. The molecule has 1 aromatic rings. The molecule has 0 bridgehead atoms. The van der Waals surface area contributed by atoms with E-state index in [4.69, 9.17) is 23.2 Å². The molecule has 1 N–H and O–H groups in total. The van der Waals surface area contributed by atoms with Gasteiger partial charge in [0.2, 0.25) is 0 Å². The van der Waals surface area contributed by atoms with Crippen molar-refractivity contribution in [2.24, 2.45) is 5.92 Å². The molecule has 1 aliphatic carbocycles. The number of hydrogen-bond acceptors (Lipinski definition) is 3. The fourth-order valence-corrected chi connectivity index (χ4v) is 2.96. The highest BCUT2D eigenvalue weighted by Gasteiger charge is 2.20. The van der Waals surface area contributed by atoms with Crippen LogP contribution in [0.15, 0.2) is 18.2 Å². The monoisotopic (exact) mass is 330 g/mol. The summed E-state index contributed by atoms with van der Waals surface area (Å²) >= 11 is 11.8. The first-order valence-electron chi connectivity index (χ1n) is 6.83. The quantitative estimate of drug-likeness (QED) is 0.518. The lowest BCUT2D eigenvalue weighted by molar-refractivity contribution is -0.384. The maximum Gasteiger partial charge on any atom is 0.271 e. The van der Waals surface area contributed by atoms with Gasteiger partial charge < -0.3 is 5.32 Å². The lowest BCUT2D eigenvalue weighted by Gasteiger charge is -2.25. The van der Waals surface area contributed by atoms with Crippen LogP contribution in [0.1, 0.15) is 36.0 Å². The summed E-state index contributed by atoms with van der Waals surface area (Å²) in [4.78, 5) is 22.3. The second-order valence-corrected chi connectivity index (χ2v) is 6.34. The highest BCUT2D eigenvalue weighted by atomic mass is 35.5. The van der Waals surface area contributed by atoms with Crippen LogP contribution in [0.3, 0.4) is 0 Å². The summed E-state index contributed by atoms with van der Waals surface area (Å²) in [6.07, 6.45) is 3.91. The number of amides is 1. The minimum Gasteiger partial charge on any atom is -0.352 e. The summed E-state index contributed by atoms with van der Waals surface area (Å²) in [5.41, 5.74) is 0.0236. The molecule has 1 aliphatic rings. The average molecular weight is 331 g/mol. The minimum atomic E-state index is -0.565. The second-order valence-electron chi connectivity index (χ2n) is 5.28. The Balaban J connectivity index is 1.95. The van der Waals surface area contributed by atoms with Gasteiger partial charge in [-0.15, -0.1) is 11.6 Å². The number of halogens is 2. The Morgan fingerprint density at radius 1 is 1.29 bits per heavy atom. The summed E-state index contributed by atoms with van der Waals surface area (Å²) in [5, 5.41) is 14.0. The maximum atomic E-state index is 12.1. The normalized spacial score (nSPS) is 21.8. The predicted octanol–water partition coefficient (Wildman–Crippen LogP) is 3.78. The van der Waals surface area contributed by atoms with E-state index in [2.05, 4.69) is 5.32 Å². The van der Waals surface area contributed by atoms with Gasteiger partial charge in [0.05, 0.1) is 4.92 Å². The number of carbonyl (C=O) groups is 1. The molecular formula is C14H16Cl2N2O3. The summed E-state index contributed by atoms with van der Waals surface area (Å²) < 4.78 is 0. The van der Waals surface area contributed by atoms with Gasteiger partial charge in [-0.2, -0.15) is 0 Å². The number of nitro groups is 1. The minimum absolute atomic E-state index is 0.178. The van der Waals surface area contributed by atoms with Gasteiger partial charge in [-0.3, -0.25) is 14.9 Å². The zero-order chi connectivity index (χ0) is 15.4. The van der Waals surface area contributed by atoms with Crippen LogP contribution in [0.5, 0.6) is 0 Å². The van der Waals surface area contributed by atoms with E-state index in [1.165, 1.54) is 18.2 Å². The number of hydrogen-bond donors (Lipinski definition) is 1. The molecule has 0 saturated heterocycles. The Morgan fingerprint density at radius 3 is 2.57 bits per heavy atom. The summed E-state index contributed by atoms with van der Waals surface area (Å²) in [5.74, 6) is 0.0757. The molecule has 0 unspecified atom stereocenters. The van der Waals surface area contributed by atoms with E-state index in [0.29, 0.717) is 12.5 Å². The van der Waals surface area contributed by atoms with Crippen LogP contribution in [-0.2, 0) is 0 Å². The van der Waals surface area contributed by atoms with Gasteiger partial charge in [-0.05, 0) is 37.7 Å². The zero-order valence-corrected chi connectivity index (χ0v) is 12.9. The molecule has 0 aliphatic heterocycles. The van der Waals surface area contributed by atoms with Crippen molar-refractivity contribution in [3.05, 3.63) is 38.9 Å². The molecule has 2 rings (SSSR count). The molecule has 1 fully saturated rings. The van der Waals surface area contributed by atoms with Gasteiger partial charge in [-0.1, -0.05) is 11.6 Å². The molecule has 0 radical (unpaired) electrons. The van der Waals surface area contributed by atoms with Gasteiger partial charge >= 0.3 is 0 Å². The Kier molecular flexibility index (Phi) is 5.42. The van der Waals surface area contributed by atoms with Crippen molar-refractivity contribution in [3.8, 4) is 0 Å². The number of alkyl halides is 1. The van der Waals surface area contributed by atoms with Crippen molar-refractivity contribution in [1.29, 1.82) is 0 Å². The molecule has 1 aromatic carbocycles. The number of rotatable bonds is 4. The van der Waals surface area contributed by atoms with E-state index in [1.807, 2.05) is 0 Å². The lowest BCUT2D eigenvalue weighted by atomic mass is 9.89. The average Bonchev–Trinajstić information content (AvgIpc) is 2.45. The third kappa shape index (κ3) is 4.58. The molecule has 1 amide bonds. The first-order valence-corrected chi connectivity index (χ1v) is 7.64. The molecule has 0 aromatic heterocycles. The summed E-state index contributed by atoms with van der Waals surface area (Å²) in [6, 6.07) is 3.89. The molecule has 5 nitrogen and oxygen atoms in total. The fraction of sp³-hybridized carbons (Fsp3) is 0.500. The number of nitrogens with one attached hydrogen (secondary N) is 1. The van der Waals surface area contributed by atoms with Crippen LogP contribution >= 0.6 is 23.2 Å². The Morgan fingerprint density at radius 2 is 1.95 bits per heavy atom. The molecule has 0 spiro atoms. The van der Waals surface area contributed by atoms with E-state index in [1.54, 1.807) is 0 Å². The van der Waals surface area contributed by atoms with Crippen LogP contribution in [-0.4, -0.2) is 22.8 Å². The lowest BCUT2D eigenvalue weighted by Crippen LogP contribution is -2.31. The third-order valence-corrected chi connectivity index (χ3v) is 4.34. The van der Waals surface area contributed by atoms with Crippen LogP contribution in [0.2, 0.25) is 5.02 Å². The molecule has 114 valence electrons. The van der Waals surface area contributed by atoms with Gasteiger partial charge in [0.1, 0.15) is 0 Å². The Bertz CT molecular complexity index is 543. The molecule has 0 atom stereocenters. The van der Waals surface area contributed by atoms with Crippen LogP contribution < -0.4 is 5.32 Å². The predicted molar refractivity (Wildman–Crippen MR) is 82.0 cm³/mol. The highest BCUT2D eigenvalue weighted by molar-refractivity contribution is 6.31. The smallest absolute Gasteiger partial charge is 0.271 e. The van der Waals surface area contributed by atoms with Crippen molar-refractivity contribution in [3.63, 3.8) is 0 Å². The van der Waals surface area contributed by atoms with E-state index in [-0.39, 0.29) is 27.6 Å². The van der Waals surface area contributed by atoms with Crippen molar-refractivity contribution in [2.75, 3.05) is 6.54 Å². The number of carbonyl (C=O) groups excluding carboxylic acids is 1. The topological polar surface area (TPSA) is 72.2 Å². The first kappa shape index (κ1) is 16.0. The molecule has 7 heteroatoms. The van der Waals surface area contributed by atoms with Crippen LogP contribution in [0.25, 0.3) is 0 Å². The third-order valence-electron chi connectivity index (χ3n) is 3.68. The molecule has 21 heavy (non-hydrogen) atoms. The van der Waals surface area contributed by atoms with Crippen molar-refractivity contribution in [2.45, 2.75) is 31.1 Å². The first-order chi connectivity index (χ1) is 9.95. The number of nitro benzene ring substituents is 1. The van der Waals surface area contributed by atoms with E-state index in [9.17, 15) is 14.9 Å². The van der Waals surface area contributed by atoms with E-state index in [0.717, 1.165) is 25.7 Å². The van der Waals surface area contributed by atoms with Crippen LogP contribution in [0, 0.1) is 16.0 Å². The number of benzene rings is 1. The van der Waals surface area contributed by atoms with Crippen molar-refractivity contribution in [1.82, 2.24) is 5.32 Å². The van der Waals surface area contributed by atoms with Gasteiger partial charge in [0, 0.05) is 34.6 Å². The molecule has 1 saturated carbocycles. The highest BCUT2D eigenvalue weighted by Crippen LogP contribution is 2.27. The van der Waals surface area contributed by atoms with E-state index < -0.39 is 4.92 Å². The van der Waals surface area contributed by atoms with Crippen LogP contribution in [0.4, 0.5) is 5.69 Å². The Labute approximate surface area is 132 Å².